The summed E-state index contributed by atoms with van der Waals surface area (Å²) in [5.41, 5.74) is 1.26. The zero-order chi connectivity index (χ0) is 17.8. The molecule has 2 heterocycles. The highest BCUT2D eigenvalue weighted by Gasteiger charge is 2.57. The van der Waals surface area contributed by atoms with Crippen molar-refractivity contribution in [1.29, 1.82) is 0 Å². The summed E-state index contributed by atoms with van der Waals surface area (Å²) < 4.78 is 46.9. The number of methoxy groups -OCH3 is 1. The first-order valence-corrected chi connectivity index (χ1v) is 9.12. The highest BCUT2D eigenvalue weighted by atomic mass is 19.3. The van der Waals surface area contributed by atoms with E-state index in [1.807, 2.05) is 10.6 Å². The van der Waals surface area contributed by atoms with Crippen molar-refractivity contribution in [2.75, 3.05) is 13.8 Å². The van der Waals surface area contributed by atoms with Crippen molar-refractivity contribution in [3.05, 3.63) is 17.2 Å². The minimum atomic E-state index is -2.53. The molecule has 4 rings (SSSR count). The number of aromatic nitrogens is 3. The van der Waals surface area contributed by atoms with Crippen molar-refractivity contribution in [2.24, 2.45) is 17.8 Å². The molecule has 1 aliphatic heterocycles. The van der Waals surface area contributed by atoms with Crippen LogP contribution in [0.5, 0.6) is 0 Å². The molecule has 0 N–H and O–H groups in total. The molecule has 0 aromatic carbocycles. The molecule has 138 valence electrons. The minimum Gasteiger partial charge on any atom is -0.381 e. The van der Waals surface area contributed by atoms with E-state index in [1.165, 1.54) is 5.57 Å². The molecule has 7 heteroatoms. The van der Waals surface area contributed by atoms with E-state index in [0.717, 1.165) is 18.7 Å². The first-order valence-electron chi connectivity index (χ1n) is 9.12. The smallest absolute Gasteiger partial charge is 0.252 e. The van der Waals surface area contributed by atoms with Gasteiger partial charge in [-0.05, 0) is 18.9 Å². The van der Waals surface area contributed by atoms with Crippen LogP contribution in [0.15, 0.2) is 5.57 Å². The van der Waals surface area contributed by atoms with Crippen LogP contribution in [0.3, 0.4) is 0 Å². The predicted octanol–water partition coefficient (Wildman–Crippen LogP) is 3.83. The predicted molar refractivity (Wildman–Crippen MR) is 87.1 cm³/mol. The average Bonchev–Trinajstić information content (AvgIpc) is 3.45. The van der Waals surface area contributed by atoms with Crippen LogP contribution in [-0.2, 0) is 11.2 Å². The third-order valence-electron chi connectivity index (χ3n) is 6.00. The van der Waals surface area contributed by atoms with E-state index in [1.54, 1.807) is 7.11 Å². The van der Waals surface area contributed by atoms with Crippen LogP contribution in [0.4, 0.5) is 13.2 Å². The van der Waals surface area contributed by atoms with Gasteiger partial charge in [-0.1, -0.05) is 12.5 Å². The Hall–Kier alpha value is -1.37. The van der Waals surface area contributed by atoms with Gasteiger partial charge in [-0.3, -0.25) is 4.39 Å². The molecule has 0 bridgehead atoms. The topological polar surface area (TPSA) is 39.9 Å². The van der Waals surface area contributed by atoms with Gasteiger partial charge in [-0.15, -0.1) is 10.2 Å². The van der Waals surface area contributed by atoms with E-state index in [-0.39, 0.29) is 24.5 Å². The summed E-state index contributed by atoms with van der Waals surface area (Å²) in [4.78, 5) is 0. The Morgan fingerprint density at radius 2 is 2.16 bits per heavy atom. The number of hydrogen-bond acceptors (Lipinski definition) is 3. The van der Waals surface area contributed by atoms with Gasteiger partial charge in [0.1, 0.15) is 5.82 Å². The van der Waals surface area contributed by atoms with Crippen molar-refractivity contribution in [2.45, 2.75) is 57.1 Å². The molecule has 0 amide bonds. The van der Waals surface area contributed by atoms with Crippen LogP contribution in [0.1, 0.15) is 50.3 Å². The van der Waals surface area contributed by atoms with Crippen LogP contribution in [0, 0.1) is 17.8 Å². The Labute approximate surface area is 145 Å². The average molecular weight is 355 g/mol. The minimum absolute atomic E-state index is 0.0406. The third-order valence-corrected chi connectivity index (χ3v) is 6.00. The van der Waals surface area contributed by atoms with Gasteiger partial charge < -0.3 is 9.30 Å². The molecule has 1 aromatic heterocycles. The van der Waals surface area contributed by atoms with Crippen LogP contribution in [0.2, 0.25) is 0 Å². The lowest BCUT2D eigenvalue weighted by atomic mass is 9.85. The van der Waals surface area contributed by atoms with Crippen molar-refractivity contribution in [3.8, 4) is 0 Å². The lowest BCUT2D eigenvalue weighted by Crippen LogP contribution is -2.27. The number of ether oxygens (including phenoxy) is 1. The molecule has 2 fully saturated rings. The van der Waals surface area contributed by atoms with Crippen LogP contribution in [0.25, 0.3) is 6.08 Å². The molecule has 0 spiro atoms. The molecular formula is C18H24F3N3O. The Morgan fingerprint density at radius 1 is 1.40 bits per heavy atom. The first-order chi connectivity index (χ1) is 12.0. The molecule has 5 atom stereocenters. The summed E-state index contributed by atoms with van der Waals surface area (Å²) in [5, 5.41) is 8.42. The highest BCUT2D eigenvalue weighted by molar-refractivity contribution is 5.53. The normalized spacial score (nSPS) is 30.9. The quantitative estimate of drug-likeness (QED) is 0.711. The maximum atomic E-state index is 13.2. The third kappa shape index (κ3) is 2.90. The van der Waals surface area contributed by atoms with Crippen LogP contribution in [-0.4, -0.2) is 40.6 Å². The van der Waals surface area contributed by atoms with E-state index in [0.29, 0.717) is 24.6 Å². The number of halogens is 3. The van der Waals surface area contributed by atoms with Crippen LogP contribution < -0.4 is 0 Å². The zero-order valence-electron chi connectivity index (χ0n) is 14.6. The van der Waals surface area contributed by atoms with Crippen molar-refractivity contribution in [1.82, 2.24) is 14.8 Å². The van der Waals surface area contributed by atoms with E-state index in [4.69, 9.17) is 4.74 Å². The Kier molecular flexibility index (Phi) is 4.17. The Bertz CT molecular complexity index is 687. The monoisotopic (exact) mass is 355 g/mol. The fraction of sp³-hybridized carbons (Fsp3) is 0.778. The Morgan fingerprint density at radius 3 is 2.76 bits per heavy atom. The Balaban J connectivity index is 1.58. The summed E-state index contributed by atoms with van der Waals surface area (Å²) in [6.45, 7) is 1.69. The summed E-state index contributed by atoms with van der Waals surface area (Å²) in [7, 11) is 1.63. The van der Waals surface area contributed by atoms with Gasteiger partial charge in [0.15, 0.2) is 5.82 Å². The molecule has 2 saturated carbocycles. The zero-order valence-corrected chi connectivity index (χ0v) is 14.6. The molecule has 0 saturated heterocycles. The highest BCUT2D eigenvalue weighted by Crippen LogP contribution is 2.56. The van der Waals surface area contributed by atoms with Gasteiger partial charge in [0.25, 0.3) is 5.92 Å². The van der Waals surface area contributed by atoms with Gasteiger partial charge >= 0.3 is 0 Å². The molecule has 5 unspecified atom stereocenters. The molecule has 0 radical (unpaired) electrons. The van der Waals surface area contributed by atoms with E-state index < -0.39 is 18.5 Å². The molecular weight excluding hydrogens is 331 g/mol. The SMILES string of the molecule is CCC(C1=Cc2nnc(CC3CC3(F)F)n2C2CC12)C(CCF)OC. The van der Waals surface area contributed by atoms with E-state index >= 15 is 0 Å². The van der Waals surface area contributed by atoms with Crippen molar-refractivity contribution < 1.29 is 17.9 Å². The maximum Gasteiger partial charge on any atom is 0.252 e. The van der Waals surface area contributed by atoms with Crippen molar-refractivity contribution >= 4 is 6.08 Å². The fourth-order valence-corrected chi connectivity index (χ4v) is 4.42. The van der Waals surface area contributed by atoms with Gasteiger partial charge in [0, 0.05) is 50.2 Å². The standard InChI is InChI=1S/C18H24F3N3O/c1-3-11(15(25-2)4-5-19)12-8-17-23-22-16(6-10-9-18(10,20)21)24(17)14-7-13(12)14/h8,10-11,13-15H,3-7,9H2,1-2H3. The molecule has 2 aliphatic carbocycles. The fourth-order valence-electron chi connectivity index (χ4n) is 4.42. The lowest BCUT2D eigenvalue weighted by Gasteiger charge is -2.29. The number of rotatable bonds is 8. The van der Waals surface area contributed by atoms with Crippen molar-refractivity contribution in [3.63, 3.8) is 0 Å². The van der Waals surface area contributed by atoms with E-state index in [2.05, 4.69) is 17.1 Å². The number of nitrogens with zero attached hydrogens (tertiary/aromatic N) is 3. The lowest BCUT2D eigenvalue weighted by molar-refractivity contribution is 0.0495. The van der Waals surface area contributed by atoms with Gasteiger partial charge in [-0.25, -0.2) is 8.78 Å². The second-order valence-electron chi connectivity index (χ2n) is 7.53. The summed E-state index contributed by atoms with van der Waals surface area (Å²) in [6, 6.07) is 0.268. The molecule has 4 nitrogen and oxygen atoms in total. The van der Waals surface area contributed by atoms with Crippen LogP contribution >= 0.6 is 0 Å². The van der Waals surface area contributed by atoms with E-state index in [9.17, 15) is 13.2 Å². The van der Waals surface area contributed by atoms with Gasteiger partial charge in [0.05, 0.1) is 12.8 Å². The summed E-state index contributed by atoms with van der Waals surface area (Å²) in [5.74, 6) is -1.15. The second-order valence-corrected chi connectivity index (χ2v) is 7.53. The number of alkyl halides is 3. The van der Waals surface area contributed by atoms with Gasteiger partial charge in [0.2, 0.25) is 0 Å². The molecule has 1 aromatic rings. The molecule has 25 heavy (non-hydrogen) atoms. The summed E-state index contributed by atoms with van der Waals surface area (Å²) in [6.07, 6.45) is 4.40. The molecule has 3 aliphatic rings. The first kappa shape index (κ1) is 17.1. The van der Waals surface area contributed by atoms with Gasteiger partial charge in [-0.2, -0.15) is 0 Å². The second kappa shape index (κ2) is 6.11. The number of fused-ring (bicyclic) bond motifs is 3. The maximum absolute atomic E-state index is 13.2. The summed E-state index contributed by atoms with van der Waals surface area (Å²) >= 11 is 0. The largest absolute Gasteiger partial charge is 0.381 e. The number of hydrogen-bond donors (Lipinski definition) is 0.